The number of nitrogens with zero attached hydrogens (tertiary/aromatic N) is 2. The molecule has 1 unspecified atom stereocenters. The SMILES string of the molecule is CC(C)(C)Cn1cc(C(NSN2CCCC2)C(F)(F)F)c2cc(F)c(-c3ccccc3C(F)(F)F)cc21. The number of aromatic nitrogens is 1. The first-order chi connectivity index (χ1) is 17.1. The van der Waals surface area contributed by atoms with Crippen LogP contribution in [0.4, 0.5) is 30.7 Å². The fourth-order valence-electron chi connectivity index (χ4n) is 4.59. The van der Waals surface area contributed by atoms with Crippen LogP contribution < -0.4 is 4.72 Å². The Morgan fingerprint density at radius 1 is 0.946 bits per heavy atom. The molecule has 0 bridgehead atoms. The standard InChI is InChI=1S/C26H28F7N3S/c1-24(2,3)15-35-14-19(23(26(31,32)33)34-37-36-10-6-7-11-36)18-12-21(27)17(13-22(18)35)16-8-4-5-9-20(16)25(28,29)30/h4-5,8-9,12-14,23,34H,6-7,10-11,15H2,1-3H3. The molecule has 0 spiro atoms. The minimum Gasteiger partial charge on any atom is -0.347 e. The van der Waals surface area contributed by atoms with Crippen LogP contribution in [0.3, 0.4) is 0 Å². The Balaban J connectivity index is 1.88. The largest absolute Gasteiger partial charge is 0.417 e. The zero-order chi connectivity index (χ0) is 27.2. The summed E-state index contributed by atoms with van der Waals surface area (Å²) in [7, 11) is 0. The highest BCUT2D eigenvalue weighted by Crippen LogP contribution is 2.43. The molecule has 202 valence electrons. The number of nitrogens with one attached hydrogen (secondary N) is 1. The van der Waals surface area contributed by atoms with E-state index in [0.717, 1.165) is 43.2 Å². The number of benzene rings is 2. The smallest absolute Gasteiger partial charge is 0.347 e. The van der Waals surface area contributed by atoms with E-state index in [4.69, 9.17) is 0 Å². The van der Waals surface area contributed by atoms with Crippen LogP contribution >= 0.6 is 12.1 Å². The highest BCUT2D eigenvalue weighted by atomic mass is 32.2. The summed E-state index contributed by atoms with van der Waals surface area (Å²) in [4.78, 5) is 0. The number of fused-ring (bicyclic) bond motifs is 1. The molecule has 0 aliphatic carbocycles. The van der Waals surface area contributed by atoms with Gasteiger partial charge in [-0.25, -0.2) is 13.4 Å². The van der Waals surface area contributed by atoms with E-state index in [2.05, 4.69) is 4.72 Å². The van der Waals surface area contributed by atoms with E-state index in [1.165, 1.54) is 24.4 Å². The lowest BCUT2D eigenvalue weighted by Crippen LogP contribution is -2.32. The second-order valence-electron chi connectivity index (χ2n) is 10.5. The van der Waals surface area contributed by atoms with Gasteiger partial charge >= 0.3 is 12.4 Å². The van der Waals surface area contributed by atoms with Gasteiger partial charge in [-0.05, 0) is 42.0 Å². The van der Waals surface area contributed by atoms with Crippen LogP contribution in [0.5, 0.6) is 0 Å². The minimum absolute atomic E-state index is 0.00633. The molecule has 1 N–H and O–H groups in total. The monoisotopic (exact) mass is 547 g/mol. The number of rotatable bonds is 6. The van der Waals surface area contributed by atoms with Gasteiger partial charge in [0, 0.05) is 60.0 Å². The van der Waals surface area contributed by atoms with Gasteiger partial charge in [0.1, 0.15) is 11.9 Å². The lowest BCUT2D eigenvalue weighted by molar-refractivity contribution is -0.152. The summed E-state index contributed by atoms with van der Waals surface area (Å²) in [6, 6.07) is 4.65. The van der Waals surface area contributed by atoms with Crippen molar-refractivity contribution in [3.8, 4) is 11.1 Å². The molecule has 1 atom stereocenters. The summed E-state index contributed by atoms with van der Waals surface area (Å²) in [5, 5.41) is 0.00633. The van der Waals surface area contributed by atoms with E-state index in [9.17, 15) is 26.3 Å². The quantitative estimate of drug-likeness (QED) is 0.247. The van der Waals surface area contributed by atoms with Gasteiger partial charge in [-0.1, -0.05) is 39.0 Å². The third-order valence-corrected chi connectivity index (χ3v) is 7.14. The Labute approximate surface area is 215 Å². The first-order valence-corrected chi connectivity index (χ1v) is 12.7. The summed E-state index contributed by atoms with van der Waals surface area (Å²) < 4.78 is 105. The van der Waals surface area contributed by atoms with Gasteiger partial charge in [0.25, 0.3) is 0 Å². The van der Waals surface area contributed by atoms with Gasteiger partial charge in [-0.3, -0.25) is 0 Å². The highest BCUT2D eigenvalue weighted by molar-refractivity contribution is 7.95. The maximum absolute atomic E-state index is 15.4. The first kappa shape index (κ1) is 27.8. The van der Waals surface area contributed by atoms with E-state index in [1.54, 1.807) is 8.87 Å². The summed E-state index contributed by atoms with van der Waals surface area (Å²) in [5.74, 6) is -1.02. The summed E-state index contributed by atoms with van der Waals surface area (Å²) in [6.07, 6.45) is -6.29. The first-order valence-electron chi connectivity index (χ1n) is 11.9. The fraction of sp³-hybridized carbons (Fsp3) is 0.462. The molecule has 0 saturated carbocycles. The highest BCUT2D eigenvalue weighted by Gasteiger charge is 2.43. The summed E-state index contributed by atoms with van der Waals surface area (Å²) in [5.41, 5.74) is -2.00. The average Bonchev–Trinajstić information content (AvgIpc) is 3.39. The van der Waals surface area contributed by atoms with Crippen LogP contribution in [-0.2, 0) is 12.7 Å². The van der Waals surface area contributed by atoms with Crippen molar-refractivity contribution in [1.82, 2.24) is 13.6 Å². The predicted molar refractivity (Wildman–Crippen MR) is 132 cm³/mol. The van der Waals surface area contributed by atoms with Crippen molar-refractivity contribution in [2.24, 2.45) is 5.41 Å². The zero-order valence-electron chi connectivity index (χ0n) is 20.6. The second-order valence-corrected chi connectivity index (χ2v) is 11.4. The maximum Gasteiger partial charge on any atom is 0.417 e. The molecular weight excluding hydrogens is 519 g/mol. The third kappa shape index (κ3) is 6.26. The molecule has 1 fully saturated rings. The van der Waals surface area contributed by atoms with Crippen LogP contribution in [-0.4, -0.2) is 28.1 Å². The lowest BCUT2D eigenvalue weighted by Gasteiger charge is -2.24. The molecule has 1 aromatic heterocycles. The molecule has 1 aliphatic heterocycles. The van der Waals surface area contributed by atoms with Gasteiger partial charge in [-0.2, -0.15) is 26.3 Å². The van der Waals surface area contributed by atoms with Crippen molar-refractivity contribution in [2.45, 2.75) is 58.6 Å². The van der Waals surface area contributed by atoms with Crippen molar-refractivity contribution in [3.05, 3.63) is 59.5 Å². The normalized spacial score (nSPS) is 16.6. The minimum atomic E-state index is -4.73. The molecule has 1 aliphatic rings. The molecule has 2 aromatic carbocycles. The molecule has 0 amide bonds. The maximum atomic E-state index is 15.4. The molecule has 3 nitrogen and oxygen atoms in total. The number of hydrogen-bond acceptors (Lipinski definition) is 3. The van der Waals surface area contributed by atoms with E-state index >= 15 is 4.39 Å². The van der Waals surface area contributed by atoms with Crippen molar-refractivity contribution in [3.63, 3.8) is 0 Å². The van der Waals surface area contributed by atoms with Crippen molar-refractivity contribution in [1.29, 1.82) is 0 Å². The van der Waals surface area contributed by atoms with Gasteiger partial charge < -0.3 is 4.57 Å². The number of hydrogen-bond donors (Lipinski definition) is 1. The number of alkyl halides is 6. The van der Waals surface area contributed by atoms with Gasteiger partial charge in [-0.15, -0.1) is 0 Å². The molecule has 2 heterocycles. The van der Waals surface area contributed by atoms with Gasteiger partial charge in [0.15, 0.2) is 0 Å². The van der Waals surface area contributed by atoms with E-state index in [1.807, 2.05) is 20.8 Å². The lowest BCUT2D eigenvalue weighted by atomic mass is 9.95. The van der Waals surface area contributed by atoms with E-state index in [-0.39, 0.29) is 39.6 Å². The molecule has 11 heteroatoms. The van der Waals surface area contributed by atoms with Crippen LogP contribution in [0.25, 0.3) is 22.0 Å². The molecule has 0 radical (unpaired) electrons. The molecule has 4 rings (SSSR count). The van der Waals surface area contributed by atoms with Gasteiger partial charge in [0.05, 0.1) is 5.56 Å². The summed E-state index contributed by atoms with van der Waals surface area (Å²) in [6.45, 7) is 7.27. The van der Waals surface area contributed by atoms with Crippen LogP contribution in [0, 0.1) is 11.2 Å². The fourth-order valence-corrected chi connectivity index (χ4v) is 5.55. The third-order valence-electron chi connectivity index (χ3n) is 6.17. The Hall–Kier alpha value is -2.24. The van der Waals surface area contributed by atoms with E-state index in [0.29, 0.717) is 13.1 Å². The predicted octanol–water partition coefficient (Wildman–Crippen LogP) is 8.36. The average molecular weight is 548 g/mol. The zero-order valence-corrected chi connectivity index (χ0v) is 21.4. The number of halogens is 7. The second kappa shape index (κ2) is 10.1. The Kier molecular flexibility index (Phi) is 7.62. The molecule has 1 saturated heterocycles. The molecule has 37 heavy (non-hydrogen) atoms. The van der Waals surface area contributed by atoms with Crippen LogP contribution in [0.2, 0.25) is 0 Å². The topological polar surface area (TPSA) is 20.2 Å². The van der Waals surface area contributed by atoms with Gasteiger partial charge in [0.2, 0.25) is 0 Å². The molecule has 3 aromatic rings. The van der Waals surface area contributed by atoms with Crippen LogP contribution in [0.15, 0.2) is 42.6 Å². The Morgan fingerprint density at radius 2 is 1.59 bits per heavy atom. The van der Waals surface area contributed by atoms with Crippen molar-refractivity contribution >= 4 is 23.0 Å². The van der Waals surface area contributed by atoms with Crippen molar-refractivity contribution in [2.75, 3.05) is 13.1 Å². The van der Waals surface area contributed by atoms with Crippen LogP contribution in [0.1, 0.15) is 50.8 Å². The summed E-state index contributed by atoms with van der Waals surface area (Å²) >= 11 is 0.889. The Morgan fingerprint density at radius 3 is 2.19 bits per heavy atom. The van der Waals surface area contributed by atoms with Crippen molar-refractivity contribution < 1.29 is 30.7 Å². The molecular formula is C26H28F7N3S. The Bertz CT molecular complexity index is 1250. The van der Waals surface area contributed by atoms with E-state index < -0.39 is 29.8 Å².